The van der Waals surface area contributed by atoms with Crippen LogP contribution < -0.4 is 0 Å². The third-order valence-corrected chi connectivity index (χ3v) is 3.26. The Bertz CT molecular complexity index is 232. The summed E-state index contributed by atoms with van der Waals surface area (Å²) < 4.78 is 0. The fraction of sp³-hybridized carbons (Fsp3) is 0.625. The van der Waals surface area contributed by atoms with Crippen molar-refractivity contribution >= 4 is 0 Å². The van der Waals surface area contributed by atoms with Crippen LogP contribution in [0.15, 0.2) is 36.5 Å². The molecule has 0 heterocycles. The van der Waals surface area contributed by atoms with E-state index in [9.17, 15) is 0 Å². The van der Waals surface area contributed by atoms with Gasteiger partial charge in [-0.05, 0) is 64.2 Å². The normalized spacial score (nSPS) is 28.2. The first-order chi connectivity index (χ1) is 7.93. The van der Waals surface area contributed by atoms with E-state index in [-0.39, 0.29) is 0 Å². The molecule has 0 nitrogen and oxygen atoms in total. The highest BCUT2D eigenvalue weighted by Gasteiger charge is 2.05. The molecule has 0 fully saturated rings. The molecule has 1 unspecified atom stereocenters. The van der Waals surface area contributed by atoms with E-state index in [2.05, 4.69) is 43.4 Å². The predicted molar refractivity (Wildman–Crippen MR) is 73.5 cm³/mol. The smallest absolute Gasteiger partial charge is 0.0316 e. The van der Waals surface area contributed by atoms with Crippen LogP contribution in [0.3, 0.4) is 0 Å². The molecule has 0 aliphatic heterocycles. The summed E-state index contributed by atoms with van der Waals surface area (Å²) in [6, 6.07) is 0. The lowest BCUT2D eigenvalue weighted by atomic mass is 9.92. The Morgan fingerprint density at radius 1 is 0.938 bits per heavy atom. The van der Waals surface area contributed by atoms with Gasteiger partial charge in [-0.1, -0.05) is 36.5 Å². The Balaban J connectivity index is 2.37. The van der Waals surface area contributed by atoms with Crippen LogP contribution >= 0.6 is 0 Å². The van der Waals surface area contributed by atoms with Gasteiger partial charge < -0.3 is 0 Å². The Kier molecular flexibility index (Phi) is 7.84. The molecule has 1 aliphatic rings. The van der Waals surface area contributed by atoms with Crippen molar-refractivity contribution in [3.8, 4) is 0 Å². The molecule has 0 saturated carbocycles. The molecule has 0 radical (unpaired) electrons. The van der Waals surface area contributed by atoms with Crippen molar-refractivity contribution in [2.45, 2.75) is 58.3 Å². The van der Waals surface area contributed by atoms with Crippen molar-refractivity contribution in [2.75, 3.05) is 0 Å². The molecular weight excluding hydrogens is 192 g/mol. The lowest BCUT2D eigenvalue weighted by Gasteiger charge is -2.13. The van der Waals surface area contributed by atoms with Gasteiger partial charge in [0.05, 0.1) is 0 Å². The van der Waals surface area contributed by atoms with E-state index >= 15 is 0 Å². The van der Waals surface area contributed by atoms with Gasteiger partial charge in [0.2, 0.25) is 0 Å². The highest BCUT2D eigenvalue weighted by molar-refractivity contribution is 4.90. The quantitative estimate of drug-likeness (QED) is 0.542. The van der Waals surface area contributed by atoms with Gasteiger partial charge in [-0.25, -0.2) is 0 Å². The summed E-state index contributed by atoms with van der Waals surface area (Å²) in [5.41, 5.74) is 0. The number of hydrogen-bond donors (Lipinski definition) is 0. The van der Waals surface area contributed by atoms with Crippen LogP contribution in [0.1, 0.15) is 58.3 Å². The summed E-state index contributed by atoms with van der Waals surface area (Å²) in [6.45, 7) is 2.12. The first-order valence-corrected chi connectivity index (χ1v) is 6.84. The van der Waals surface area contributed by atoms with Crippen molar-refractivity contribution in [2.24, 2.45) is 5.92 Å². The van der Waals surface area contributed by atoms with Crippen LogP contribution in [0.4, 0.5) is 0 Å². The van der Waals surface area contributed by atoms with Crippen molar-refractivity contribution < 1.29 is 0 Å². The van der Waals surface area contributed by atoms with Gasteiger partial charge in [-0.2, -0.15) is 0 Å². The first-order valence-electron chi connectivity index (χ1n) is 6.84. The van der Waals surface area contributed by atoms with Gasteiger partial charge in [-0.3, -0.25) is 0 Å². The topological polar surface area (TPSA) is 0 Å². The standard InChI is InChI=1S/C16H26/c1-2-3-13-16-14-11-9-7-5-4-6-8-10-12-15-16/h2-3,5,7-8,10,16H,4,6,9,11-15H2,1H3/b3-2?,7-5-,10-8-. The first kappa shape index (κ1) is 13.3. The molecular formula is C16H26. The Labute approximate surface area is 101 Å². The molecule has 0 aromatic heterocycles. The lowest BCUT2D eigenvalue weighted by molar-refractivity contribution is 0.445. The average molecular weight is 218 g/mol. The highest BCUT2D eigenvalue weighted by atomic mass is 14.1. The Morgan fingerprint density at radius 3 is 2.38 bits per heavy atom. The molecule has 0 heteroatoms. The van der Waals surface area contributed by atoms with Gasteiger partial charge in [0, 0.05) is 0 Å². The molecule has 1 aliphatic carbocycles. The van der Waals surface area contributed by atoms with Crippen LogP contribution in [0.25, 0.3) is 0 Å². The average Bonchev–Trinajstić information content (AvgIpc) is 2.28. The zero-order valence-electron chi connectivity index (χ0n) is 10.7. The summed E-state index contributed by atoms with van der Waals surface area (Å²) in [7, 11) is 0. The van der Waals surface area contributed by atoms with Crippen molar-refractivity contribution in [3.05, 3.63) is 36.5 Å². The van der Waals surface area contributed by atoms with Gasteiger partial charge in [0.15, 0.2) is 0 Å². The van der Waals surface area contributed by atoms with E-state index in [0.717, 1.165) is 5.92 Å². The molecule has 90 valence electrons. The van der Waals surface area contributed by atoms with E-state index in [1.807, 2.05) is 0 Å². The van der Waals surface area contributed by atoms with Crippen molar-refractivity contribution in [3.63, 3.8) is 0 Å². The maximum Gasteiger partial charge on any atom is -0.0316 e. The minimum Gasteiger partial charge on any atom is -0.0917 e. The second-order valence-electron chi connectivity index (χ2n) is 4.70. The van der Waals surface area contributed by atoms with E-state index < -0.39 is 0 Å². The fourth-order valence-electron chi connectivity index (χ4n) is 2.23. The van der Waals surface area contributed by atoms with Crippen LogP contribution in [-0.4, -0.2) is 0 Å². The molecule has 16 heavy (non-hydrogen) atoms. The maximum absolute atomic E-state index is 2.37. The summed E-state index contributed by atoms with van der Waals surface area (Å²) in [5, 5.41) is 0. The largest absolute Gasteiger partial charge is 0.0917 e. The molecule has 0 aromatic rings. The van der Waals surface area contributed by atoms with Crippen LogP contribution in [-0.2, 0) is 0 Å². The second kappa shape index (κ2) is 9.45. The van der Waals surface area contributed by atoms with E-state index in [1.54, 1.807) is 0 Å². The van der Waals surface area contributed by atoms with E-state index in [0.29, 0.717) is 0 Å². The SMILES string of the molecule is CC=CCC1CC/C=C\CC/C=C\CCC1. The molecule has 0 spiro atoms. The van der Waals surface area contributed by atoms with Crippen molar-refractivity contribution in [1.29, 1.82) is 0 Å². The molecule has 0 saturated heterocycles. The van der Waals surface area contributed by atoms with Gasteiger partial charge in [0.1, 0.15) is 0 Å². The number of hydrogen-bond acceptors (Lipinski definition) is 0. The molecule has 1 rings (SSSR count). The molecule has 1 atom stereocenters. The van der Waals surface area contributed by atoms with Gasteiger partial charge >= 0.3 is 0 Å². The monoisotopic (exact) mass is 218 g/mol. The highest BCUT2D eigenvalue weighted by Crippen LogP contribution is 2.20. The summed E-state index contributed by atoms with van der Waals surface area (Å²) in [4.78, 5) is 0. The molecule has 0 bridgehead atoms. The maximum atomic E-state index is 2.37. The minimum absolute atomic E-state index is 0.897. The molecule has 0 N–H and O–H groups in total. The van der Waals surface area contributed by atoms with Gasteiger partial charge in [-0.15, -0.1) is 0 Å². The third-order valence-electron chi connectivity index (χ3n) is 3.26. The van der Waals surface area contributed by atoms with Crippen LogP contribution in [0.5, 0.6) is 0 Å². The summed E-state index contributed by atoms with van der Waals surface area (Å²) in [6.07, 6.45) is 24.3. The predicted octanol–water partition coefficient (Wildman–Crippen LogP) is 5.43. The summed E-state index contributed by atoms with van der Waals surface area (Å²) >= 11 is 0. The van der Waals surface area contributed by atoms with Crippen LogP contribution in [0.2, 0.25) is 0 Å². The fourth-order valence-corrected chi connectivity index (χ4v) is 2.23. The Morgan fingerprint density at radius 2 is 1.62 bits per heavy atom. The minimum atomic E-state index is 0.897. The molecule has 0 amide bonds. The number of rotatable bonds is 2. The molecule has 0 aromatic carbocycles. The Hall–Kier alpha value is -0.780. The summed E-state index contributed by atoms with van der Waals surface area (Å²) in [5.74, 6) is 0.897. The third kappa shape index (κ3) is 6.66. The van der Waals surface area contributed by atoms with Crippen LogP contribution in [0, 0.1) is 5.92 Å². The lowest BCUT2D eigenvalue weighted by Crippen LogP contribution is -1.99. The zero-order valence-corrected chi connectivity index (χ0v) is 10.7. The van der Waals surface area contributed by atoms with Crippen molar-refractivity contribution in [1.82, 2.24) is 0 Å². The second-order valence-corrected chi connectivity index (χ2v) is 4.70. The van der Waals surface area contributed by atoms with Gasteiger partial charge in [0.25, 0.3) is 0 Å². The van der Waals surface area contributed by atoms with E-state index in [4.69, 9.17) is 0 Å². The zero-order chi connectivity index (χ0) is 11.5. The number of allylic oxidation sites excluding steroid dienone is 6. The van der Waals surface area contributed by atoms with E-state index in [1.165, 1.54) is 51.4 Å².